The molecule has 2 heterocycles. The van der Waals surface area contributed by atoms with Crippen molar-refractivity contribution in [3.05, 3.63) is 11.4 Å². The Labute approximate surface area is 102 Å². The Morgan fingerprint density at radius 2 is 2.12 bits per heavy atom. The summed E-state index contributed by atoms with van der Waals surface area (Å²) in [5, 5.41) is 6.70. The van der Waals surface area contributed by atoms with E-state index in [0.29, 0.717) is 35.3 Å². The molecule has 0 spiro atoms. The zero-order valence-corrected chi connectivity index (χ0v) is 11.3. The van der Waals surface area contributed by atoms with Crippen molar-refractivity contribution in [3.63, 3.8) is 0 Å². The Balaban J connectivity index is 2.36. The number of aryl methyl sites for hydroxylation is 2. The highest BCUT2D eigenvalue weighted by Crippen LogP contribution is 2.26. The summed E-state index contributed by atoms with van der Waals surface area (Å²) in [7, 11) is -3.37. The molecule has 0 aliphatic carbocycles. The first-order chi connectivity index (χ1) is 7.93. The normalized spacial score (nSPS) is 22.9. The molecule has 1 atom stereocenters. The van der Waals surface area contributed by atoms with Crippen LogP contribution in [0, 0.1) is 19.8 Å². The molecule has 1 aliphatic heterocycles. The monoisotopic (exact) mass is 257 g/mol. The van der Waals surface area contributed by atoms with E-state index in [2.05, 4.69) is 17.1 Å². The number of nitrogens with one attached hydrogen (secondary N) is 1. The molecule has 1 aromatic rings. The fraction of sp³-hybridized carbons (Fsp3) is 0.727. The van der Waals surface area contributed by atoms with Crippen molar-refractivity contribution in [1.29, 1.82) is 0 Å². The van der Waals surface area contributed by atoms with Crippen molar-refractivity contribution in [3.8, 4) is 0 Å². The van der Waals surface area contributed by atoms with E-state index >= 15 is 0 Å². The van der Waals surface area contributed by atoms with Gasteiger partial charge in [-0.25, -0.2) is 8.42 Å². The van der Waals surface area contributed by atoms with Crippen LogP contribution in [-0.4, -0.2) is 36.0 Å². The van der Waals surface area contributed by atoms with Gasteiger partial charge in [-0.15, -0.1) is 0 Å². The Morgan fingerprint density at radius 1 is 1.41 bits per heavy atom. The molecular formula is C11H19N3O2S. The third-order valence-corrected chi connectivity index (χ3v) is 5.41. The largest absolute Gasteiger partial charge is 0.281 e. The number of rotatable bonds is 2. The fourth-order valence-corrected chi connectivity index (χ4v) is 4.34. The number of aromatic nitrogens is 2. The number of hydrogen-bond donors (Lipinski definition) is 1. The molecule has 6 heteroatoms. The molecule has 1 N–H and O–H groups in total. The topological polar surface area (TPSA) is 66.1 Å². The van der Waals surface area contributed by atoms with Crippen molar-refractivity contribution >= 4 is 10.0 Å². The van der Waals surface area contributed by atoms with E-state index in [1.54, 1.807) is 18.2 Å². The average Bonchev–Trinajstić information content (AvgIpc) is 2.59. The van der Waals surface area contributed by atoms with Crippen LogP contribution in [0.4, 0.5) is 0 Å². The second kappa shape index (κ2) is 4.42. The van der Waals surface area contributed by atoms with E-state index in [-0.39, 0.29) is 0 Å². The highest BCUT2D eigenvalue weighted by molar-refractivity contribution is 7.89. The Hall–Kier alpha value is -0.880. The van der Waals surface area contributed by atoms with Crippen LogP contribution in [0.25, 0.3) is 0 Å². The standard InChI is InChI=1S/C11H19N3O2S/c1-8-5-4-6-14(7-8)17(15,16)11-9(2)12-13-10(11)3/h8H,4-7H2,1-3H3,(H,12,13)/t8-/m1/s1. The van der Waals surface area contributed by atoms with Gasteiger partial charge in [0.1, 0.15) is 4.90 Å². The smallest absolute Gasteiger partial charge is 0.246 e. The zero-order valence-electron chi connectivity index (χ0n) is 10.5. The summed E-state index contributed by atoms with van der Waals surface area (Å²) in [5.74, 6) is 0.436. The summed E-state index contributed by atoms with van der Waals surface area (Å²) in [6, 6.07) is 0. The quantitative estimate of drug-likeness (QED) is 0.872. The van der Waals surface area contributed by atoms with Crippen molar-refractivity contribution in [2.24, 2.45) is 5.92 Å². The number of aromatic amines is 1. The van der Waals surface area contributed by atoms with Gasteiger partial charge in [-0.3, -0.25) is 5.10 Å². The fourth-order valence-electron chi connectivity index (χ4n) is 2.41. The van der Waals surface area contributed by atoms with Gasteiger partial charge in [-0.1, -0.05) is 6.92 Å². The van der Waals surface area contributed by atoms with Crippen LogP contribution in [-0.2, 0) is 10.0 Å². The summed E-state index contributed by atoms with van der Waals surface area (Å²) >= 11 is 0. The number of sulfonamides is 1. The van der Waals surface area contributed by atoms with Crippen LogP contribution in [0.5, 0.6) is 0 Å². The summed E-state index contributed by atoms with van der Waals surface area (Å²) < 4.78 is 26.6. The predicted octanol–water partition coefficient (Wildman–Crippen LogP) is 1.45. The first-order valence-corrected chi connectivity index (χ1v) is 7.38. The van der Waals surface area contributed by atoms with E-state index in [1.807, 2.05) is 0 Å². The minimum atomic E-state index is -3.37. The molecule has 2 rings (SSSR count). The van der Waals surface area contributed by atoms with Crippen LogP contribution in [0.15, 0.2) is 4.90 Å². The lowest BCUT2D eigenvalue weighted by atomic mass is 10.0. The van der Waals surface area contributed by atoms with Crippen LogP contribution in [0.2, 0.25) is 0 Å². The number of piperidine rings is 1. The third-order valence-electron chi connectivity index (χ3n) is 3.28. The van der Waals surface area contributed by atoms with E-state index in [1.165, 1.54) is 0 Å². The zero-order chi connectivity index (χ0) is 12.6. The second-order valence-corrected chi connectivity index (χ2v) is 6.75. The van der Waals surface area contributed by atoms with Crippen molar-refractivity contribution in [1.82, 2.24) is 14.5 Å². The molecule has 5 nitrogen and oxygen atoms in total. The van der Waals surface area contributed by atoms with E-state index < -0.39 is 10.0 Å². The Morgan fingerprint density at radius 3 is 2.65 bits per heavy atom. The first kappa shape index (κ1) is 12.6. The molecule has 17 heavy (non-hydrogen) atoms. The van der Waals surface area contributed by atoms with Gasteiger partial charge in [0.2, 0.25) is 10.0 Å². The van der Waals surface area contributed by atoms with Crippen LogP contribution >= 0.6 is 0 Å². The molecule has 0 amide bonds. The Kier molecular flexibility index (Phi) is 3.27. The summed E-state index contributed by atoms with van der Waals surface area (Å²) in [4.78, 5) is 0.353. The van der Waals surface area contributed by atoms with Crippen LogP contribution in [0.3, 0.4) is 0 Å². The minimum Gasteiger partial charge on any atom is -0.281 e. The lowest BCUT2D eigenvalue weighted by Crippen LogP contribution is -2.39. The van der Waals surface area contributed by atoms with Gasteiger partial charge >= 0.3 is 0 Å². The van der Waals surface area contributed by atoms with E-state index in [4.69, 9.17) is 0 Å². The predicted molar refractivity (Wildman–Crippen MR) is 65.2 cm³/mol. The highest BCUT2D eigenvalue weighted by atomic mass is 32.2. The van der Waals surface area contributed by atoms with Crippen molar-refractivity contribution in [2.45, 2.75) is 38.5 Å². The van der Waals surface area contributed by atoms with Gasteiger partial charge in [0, 0.05) is 13.1 Å². The maximum atomic E-state index is 12.5. The summed E-state index contributed by atoms with van der Waals surface area (Å²) in [6.07, 6.45) is 2.05. The summed E-state index contributed by atoms with van der Waals surface area (Å²) in [5.41, 5.74) is 1.18. The van der Waals surface area contributed by atoms with Gasteiger partial charge in [-0.2, -0.15) is 9.40 Å². The van der Waals surface area contributed by atoms with Gasteiger partial charge in [0.05, 0.1) is 11.4 Å². The number of hydrogen-bond acceptors (Lipinski definition) is 3. The van der Waals surface area contributed by atoms with Gasteiger partial charge in [0.25, 0.3) is 0 Å². The molecule has 0 unspecified atom stereocenters. The van der Waals surface area contributed by atoms with Crippen molar-refractivity contribution < 1.29 is 8.42 Å². The lowest BCUT2D eigenvalue weighted by molar-refractivity contribution is 0.281. The Bertz CT molecular complexity index is 487. The molecule has 96 valence electrons. The highest BCUT2D eigenvalue weighted by Gasteiger charge is 2.32. The SMILES string of the molecule is Cc1n[nH]c(C)c1S(=O)(=O)N1CCC[C@@H](C)C1. The first-order valence-electron chi connectivity index (χ1n) is 5.94. The molecular weight excluding hydrogens is 238 g/mol. The maximum Gasteiger partial charge on any atom is 0.246 e. The average molecular weight is 257 g/mol. The van der Waals surface area contributed by atoms with Gasteiger partial charge in [0.15, 0.2) is 0 Å². The molecule has 0 aromatic carbocycles. The lowest BCUT2D eigenvalue weighted by Gasteiger charge is -2.30. The molecule has 0 radical (unpaired) electrons. The molecule has 1 aliphatic rings. The van der Waals surface area contributed by atoms with E-state index in [9.17, 15) is 8.42 Å². The number of nitrogens with zero attached hydrogens (tertiary/aromatic N) is 2. The maximum absolute atomic E-state index is 12.5. The summed E-state index contributed by atoms with van der Waals surface area (Å²) in [6.45, 7) is 6.81. The number of H-pyrrole nitrogens is 1. The minimum absolute atomic E-state index is 0.353. The van der Waals surface area contributed by atoms with Crippen molar-refractivity contribution in [2.75, 3.05) is 13.1 Å². The third kappa shape index (κ3) is 2.24. The van der Waals surface area contributed by atoms with Crippen LogP contribution in [0.1, 0.15) is 31.2 Å². The molecule has 1 saturated heterocycles. The molecule has 1 fully saturated rings. The molecule has 0 saturated carbocycles. The molecule has 0 bridgehead atoms. The second-order valence-electron chi connectivity index (χ2n) is 4.87. The van der Waals surface area contributed by atoms with E-state index in [0.717, 1.165) is 12.8 Å². The van der Waals surface area contributed by atoms with Crippen LogP contribution < -0.4 is 0 Å². The van der Waals surface area contributed by atoms with Gasteiger partial charge < -0.3 is 0 Å². The van der Waals surface area contributed by atoms with Gasteiger partial charge in [-0.05, 0) is 32.6 Å². The molecule has 1 aromatic heterocycles.